The SMILES string of the molecule is C[C@]12CCC(OCC(N)CN)CC1CC[C@@H]1[C@H]2CC[C@]2(C)C(c3ccoc3)CC[C@@]12O. The van der Waals surface area contributed by atoms with Crippen molar-refractivity contribution in [2.45, 2.75) is 95.3 Å². The predicted molar refractivity (Wildman–Crippen MR) is 121 cm³/mol. The number of furan rings is 1. The van der Waals surface area contributed by atoms with Crippen LogP contribution in [0.25, 0.3) is 0 Å². The topological polar surface area (TPSA) is 94.6 Å². The molecular formula is C26H42N2O3. The number of fused-ring (bicyclic) bond motifs is 5. The van der Waals surface area contributed by atoms with E-state index in [1.165, 1.54) is 24.8 Å². The Morgan fingerprint density at radius 1 is 1.13 bits per heavy atom. The number of rotatable bonds is 5. The lowest BCUT2D eigenvalue weighted by Crippen LogP contribution is -2.62. The molecule has 1 heterocycles. The smallest absolute Gasteiger partial charge is 0.0937 e. The van der Waals surface area contributed by atoms with Gasteiger partial charge in [0.1, 0.15) is 0 Å². The molecule has 4 aliphatic rings. The van der Waals surface area contributed by atoms with E-state index in [0.717, 1.165) is 38.5 Å². The molecule has 31 heavy (non-hydrogen) atoms. The molecule has 0 radical (unpaired) electrons. The van der Waals surface area contributed by atoms with Crippen molar-refractivity contribution in [2.75, 3.05) is 13.2 Å². The quantitative estimate of drug-likeness (QED) is 0.651. The van der Waals surface area contributed by atoms with Crippen molar-refractivity contribution in [1.29, 1.82) is 0 Å². The third-order valence-electron chi connectivity index (χ3n) is 10.6. The van der Waals surface area contributed by atoms with Gasteiger partial charge in [-0.05, 0) is 98.5 Å². The van der Waals surface area contributed by atoms with Crippen LogP contribution >= 0.6 is 0 Å². The minimum atomic E-state index is -0.549. The first-order valence-electron chi connectivity index (χ1n) is 12.6. The second kappa shape index (κ2) is 7.86. The van der Waals surface area contributed by atoms with Gasteiger partial charge < -0.3 is 25.7 Å². The Kier molecular flexibility index (Phi) is 5.56. The Bertz CT molecular complexity index is 769. The van der Waals surface area contributed by atoms with Crippen LogP contribution in [0.5, 0.6) is 0 Å². The van der Waals surface area contributed by atoms with Crippen LogP contribution in [0.1, 0.15) is 83.1 Å². The Morgan fingerprint density at radius 3 is 2.71 bits per heavy atom. The molecule has 5 nitrogen and oxygen atoms in total. The van der Waals surface area contributed by atoms with Gasteiger partial charge in [-0.3, -0.25) is 0 Å². The van der Waals surface area contributed by atoms with Crippen molar-refractivity contribution in [3.8, 4) is 0 Å². The fraction of sp³-hybridized carbons (Fsp3) is 0.846. The van der Waals surface area contributed by atoms with E-state index in [2.05, 4.69) is 19.9 Å². The summed E-state index contributed by atoms with van der Waals surface area (Å²) in [6.45, 7) is 5.96. The Balaban J connectivity index is 1.33. The second-order valence-electron chi connectivity index (χ2n) is 11.7. The predicted octanol–water partition coefficient (Wildman–Crippen LogP) is 4.19. The molecule has 5 N–H and O–H groups in total. The van der Waals surface area contributed by atoms with Crippen molar-refractivity contribution in [3.05, 3.63) is 24.2 Å². The fourth-order valence-corrected chi connectivity index (χ4v) is 8.67. The third kappa shape index (κ3) is 3.25. The maximum atomic E-state index is 12.3. The van der Waals surface area contributed by atoms with Crippen molar-refractivity contribution in [1.82, 2.24) is 0 Å². The zero-order valence-electron chi connectivity index (χ0n) is 19.4. The normalized spacial score (nSPS) is 48.0. The van der Waals surface area contributed by atoms with Gasteiger partial charge in [-0.25, -0.2) is 0 Å². The Morgan fingerprint density at radius 2 is 1.97 bits per heavy atom. The van der Waals surface area contributed by atoms with E-state index in [9.17, 15) is 5.11 Å². The minimum absolute atomic E-state index is 0.0418. The Hall–Kier alpha value is -0.880. The molecule has 0 saturated heterocycles. The highest BCUT2D eigenvalue weighted by Crippen LogP contribution is 2.70. The molecule has 9 atom stereocenters. The van der Waals surface area contributed by atoms with E-state index in [0.29, 0.717) is 48.3 Å². The third-order valence-corrected chi connectivity index (χ3v) is 10.6. The van der Waals surface area contributed by atoms with Crippen LogP contribution in [0.15, 0.2) is 23.0 Å². The maximum Gasteiger partial charge on any atom is 0.0937 e. The van der Waals surface area contributed by atoms with Crippen LogP contribution < -0.4 is 11.5 Å². The van der Waals surface area contributed by atoms with Gasteiger partial charge in [0.05, 0.1) is 30.8 Å². The van der Waals surface area contributed by atoms with Gasteiger partial charge in [0.25, 0.3) is 0 Å². The molecule has 0 bridgehead atoms. The molecule has 1 aromatic rings. The molecule has 174 valence electrons. The van der Waals surface area contributed by atoms with Crippen molar-refractivity contribution < 1.29 is 14.3 Å². The summed E-state index contributed by atoms with van der Waals surface area (Å²) in [4.78, 5) is 0. The minimum Gasteiger partial charge on any atom is -0.472 e. The fourth-order valence-electron chi connectivity index (χ4n) is 8.67. The number of aliphatic hydroxyl groups is 1. The second-order valence-corrected chi connectivity index (χ2v) is 11.7. The van der Waals surface area contributed by atoms with Crippen LogP contribution in [-0.4, -0.2) is 36.0 Å². The summed E-state index contributed by atoms with van der Waals surface area (Å²) in [5.74, 6) is 2.16. The lowest BCUT2D eigenvalue weighted by Gasteiger charge is -2.63. The van der Waals surface area contributed by atoms with Crippen molar-refractivity contribution in [2.24, 2.45) is 40.1 Å². The van der Waals surface area contributed by atoms with Crippen LogP contribution in [-0.2, 0) is 4.74 Å². The van der Waals surface area contributed by atoms with Gasteiger partial charge in [-0.2, -0.15) is 0 Å². The lowest BCUT2D eigenvalue weighted by molar-refractivity contribution is -0.207. The van der Waals surface area contributed by atoms with E-state index in [1.54, 1.807) is 6.26 Å². The van der Waals surface area contributed by atoms with E-state index < -0.39 is 5.60 Å². The molecule has 0 spiro atoms. The highest BCUT2D eigenvalue weighted by Gasteiger charge is 2.67. The van der Waals surface area contributed by atoms with Gasteiger partial charge in [-0.1, -0.05) is 13.8 Å². The van der Waals surface area contributed by atoms with Crippen LogP contribution in [0, 0.1) is 28.6 Å². The number of hydrogen-bond acceptors (Lipinski definition) is 5. The molecule has 4 fully saturated rings. The molecule has 4 unspecified atom stereocenters. The zero-order chi connectivity index (χ0) is 21.9. The average Bonchev–Trinajstić information content (AvgIpc) is 3.37. The number of hydrogen-bond donors (Lipinski definition) is 3. The highest BCUT2D eigenvalue weighted by atomic mass is 16.5. The summed E-state index contributed by atoms with van der Waals surface area (Å²) in [5.41, 5.74) is 12.7. The van der Waals surface area contributed by atoms with Gasteiger partial charge >= 0.3 is 0 Å². The summed E-state index contributed by atoms with van der Waals surface area (Å²) in [7, 11) is 0. The number of ether oxygens (including phenoxy) is 1. The molecule has 1 aromatic heterocycles. The summed E-state index contributed by atoms with van der Waals surface area (Å²) in [5, 5.41) is 12.3. The summed E-state index contributed by atoms with van der Waals surface area (Å²) in [6.07, 6.45) is 14.2. The van der Waals surface area contributed by atoms with Crippen LogP contribution in [0.2, 0.25) is 0 Å². The van der Waals surface area contributed by atoms with Crippen molar-refractivity contribution in [3.63, 3.8) is 0 Å². The van der Waals surface area contributed by atoms with Gasteiger partial charge in [0.2, 0.25) is 0 Å². The van der Waals surface area contributed by atoms with Gasteiger partial charge in [0, 0.05) is 18.0 Å². The number of nitrogens with two attached hydrogens (primary N) is 2. The molecule has 5 rings (SSSR count). The first-order valence-corrected chi connectivity index (χ1v) is 12.6. The lowest BCUT2D eigenvalue weighted by atomic mass is 9.43. The summed E-state index contributed by atoms with van der Waals surface area (Å²) >= 11 is 0. The average molecular weight is 431 g/mol. The summed E-state index contributed by atoms with van der Waals surface area (Å²) < 4.78 is 11.6. The monoisotopic (exact) mass is 430 g/mol. The molecule has 0 aliphatic heterocycles. The van der Waals surface area contributed by atoms with E-state index >= 15 is 0 Å². The summed E-state index contributed by atoms with van der Waals surface area (Å²) in [6, 6.07) is 2.06. The highest BCUT2D eigenvalue weighted by molar-refractivity contribution is 5.26. The largest absolute Gasteiger partial charge is 0.472 e. The van der Waals surface area contributed by atoms with Gasteiger partial charge in [-0.15, -0.1) is 0 Å². The molecule has 4 aliphatic carbocycles. The molecule has 4 saturated carbocycles. The first-order chi connectivity index (χ1) is 14.8. The van der Waals surface area contributed by atoms with E-state index in [1.807, 2.05) is 6.26 Å². The molecule has 0 aromatic carbocycles. The van der Waals surface area contributed by atoms with Crippen LogP contribution in [0.3, 0.4) is 0 Å². The van der Waals surface area contributed by atoms with Crippen molar-refractivity contribution >= 4 is 0 Å². The van der Waals surface area contributed by atoms with E-state index in [4.69, 9.17) is 20.6 Å². The molecule has 5 heteroatoms. The first kappa shape index (κ1) is 21.9. The maximum absolute atomic E-state index is 12.3. The van der Waals surface area contributed by atoms with Gasteiger partial charge in [0.15, 0.2) is 0 Å². The Labute approximate surface area is 187 Å². The zero-order valence-corrected chi connectivity index (χ0v) is 19.4. The standard InChI is InChI=1S/C26H42N2O3/c1-24-9-5-20(31-16-19(28)14-27)13-18(24)3-4-23-22(24)6-10-25(2)21(7-11-26(23,25)29)17-8-12-30-15-17/h8,12,15,18-23,29H,3-7,9-11,13-14,16,27-28H2,1-2H3/t18?,19?,20?,21?,22-,23-,24+,25-,26-/m1/s1. The molecule has 0 amide bonds. The van der Waals surface area contributed by atoms with E-state index in [-0.39, 0.29) is 11.5 Å². The molecular weight excluding hydrogens is 388 g/mol. The van der Waals surface area contributed by atoms with Crippen LogP contribution in [0.4, 0.5) is 0 Å².